The first kappa shape index (κ1) is 25.5. The van der Waals surface area contributed by atoms with Gasteiger partial charge in [0.2, 0.25) is 0 Å². The smallest absolute Gasteiger partial charge is 0.306 e. The SMILES string of the molecule is CCOC(=O)CC1CN(Cc2ccc(C#Cc3ccc(-c4cc(Cn5ccnc5CC)no4)cc3)cc2)C1. The predicted molar refractivity (Wildman–Crippen MR) is 145 cm³/mol. The van der Waals surface area contributed by atoms with Crippen LogP contribution in [0.25, 0.3) is 11.3 Å². The summed E-state index contributed by atoms with van der Waals surface area (Å²) in [4.78, 5) is 18.3. The van der Waals surface area contributed by atoms with Crippen LogP contribution in [-0.2, 0) is 29.0 Å². The van der Waals surface area contributed by atoms with Gasteiger partial charge in [-0.25, -0.2) is 4.98 Å². The van der Waals surface area contributed by atoms with Crippen molar-refractivity contribution in [2.45, 2.75) is 39.8 Å². The average Bonchev–Trinajstić information content (AvgIpc) is 3.57. The van der Waals surface area contributed by atoms with Crippen molar-refractivity contribution in [1.29, 1.82) is 0 Å². The van der Waals surface area contributed by atoms with Crippen molar-refractivity contribution in [3.8, 4) is 23.2 Å². The molecule has 5 rings (SSSR count). The minimum Gasteiger partial charge on any atom is -0.466 e. The highest BCUT2D eigenvalue weighted by Gasteiger charge is 2.28. The molecule has 0 saturated carbocycles. The highest BCUT2D eigenvalue weighted by Crippen LogP contribution is 2.23. The van der Waals surface area contributed by atoms with E-state index in [2.05, 4.69) is 62.6 Å². The number of carbonyl (C=O) groups excluding carboxylic acids is 1. The summed E-state index contributed by atoms with van der Waals surface area (Å²) >= 11 is 0. The second-order valence-electron chi connectivity index (χ2n) is 9.60. The van der Waals surface area contributed by atoms with E-state index in [1.165, 1.54) is 5.56 Å². The molecule has 2 aromatic carbocycles. The largest absolute Gasteiger partial charge is 0.466 e. The number of benzene rings is 2. The van der Waals surface area contributed by atoms with Crippen molar-refractivity contribution < 1.29 is 14.1 Å². The van der Waals surface area contributed by atoms with Crippen LogP contribution in [0.1, 0.15) is 48.5 Å². The number of hydrogen-bond donors (Lipinski definition) is 0. The van der Waals surface area contributed by atoms with E-state index in [1.807, 2.05) is 49.6 Å². The lowest BCUT2D eigenvalue weighted by atomic mass is 9.95. The molecule has 38 heavy (non-hydrogen) atoms. The molecule has 3 heterocycles. The maximum absolute atomic E-state index is 11.6. The Morgan fingerprint density at radius 1 is 1.03 bits per heavy atom. The van der Waals surface area contributed by atoms with E-state index in [0.717, 1.165) is 60.0 Å². The summed E-state index contributed by atoms with van der Waals surface area (Å²) in [7, 11) is 0. The van der Waals surface area contributed by atoms with Crippen LogP contribution in [0.5, 0.6) is 0 Å². The molecule has 7 nitrogen and oxygen atoms in total. The van der Waals surface area contributed by atoms with Gasteiger partial charge in [0.15, 0.2) is 5.76 Å². The van der Waals surface area contributed by atoms with E-state index in [0.29, 0.717) is 25.5 Å². The van der Waals surface area contributed by atoms with Crippen molar-refractivity contribution in [3.05, 3.63) is 95.2 Å². The van der Waals surface area contributed by atoms with Gasteiger partial charge >= 0.3 is 5.97 Å². The Kier molecular flexibility index (Phi) is 8.01. The van der Waals surface area contributed by atoms with Gasteiger partial charge in [0, 0.05) is 61.2 Å². The second-order valence-corrected chi connectivity index (χ2v) is 9.60. The van der Waals surface area contributed by atoms with Crippen LogP contribution < -0.4 is 0 Å². The minimum absolute atomic E-state index is 0.0890. The van der Waals surface area contributed by atoms with Gasteiger partial charge in [-0.2, -0.15) is 0 Å². The third-order valence-electron chi connectivity index (χ3n) is 6.68. The molecule has 7 heteroatoms. The number of hydrogen-bond acceptors (Lipinski definition) is 6. The van der Waals surface area contributed by atoms with Crippen LogP contribution in [0.4, 0.5) is 0 Å². The normalized spacial score (nSPS) is 13.5. The fraction of sp³-hybridized carbons (Fsp3) is 0.323. The lowest BCUT2D eigenvalue weighted by molar-refractivity contribution is -0.145. The number of rotatable bonds is 9. The number of aromatic nitrogens is 3. The van der Waals surface area contributed by atoms with Gasteiger partial charge in [0.25, 0.3) is 0 Å². The predicted octanol–water partition coefficient (Wildman–Crippen LogP) is 4.93. The molecule has 0 unspecified atom stereocenters. The minimum atomic E-state index is -0.0890. The number of aryl methyl sites for hydroxylation is 1. The van der Waals surface area contributed by atoms with Gasteiger partial charge in [0.1, 0.15) is 11.5 Å². The van der Waals surface area contributed by atoms with Crippen LogP contribution in [0.3, 0.4) is 0 Å². The Hall–Kier alpha value is -4.15. The van der Waals surface area contributed by atoms with Crippen LogP contribution in [0.2, 0.25) is 0 Å². The van der Waals surface area contributed by atoms with Crippen LogP contribution in [-0.4, -0.2) is 45.3 Å². The highest BCUT2D eigenvalue weighted by atomic mass is 16.5. The van der Waals surface area contributed by atoms with Crippen molar-refractivity contribution >= 4 is 5.97 Å². The van der Waals surface area contributed by atoms with Crippen LogP contribution >= 0.6 is 0 Å². The summed E-state index contributed by atoms with van der Waals surface area (Å²) in [5, 5.41) is 4.22. The fourth-order valence-corrected chi connectivity index (χ4v) is 4.70. The van der Waals surface area contributed by atoms with E-state index >= 15 is 0 Å². The molecule has 0 spiro atoms. The number of carbonyl (C=O) groups is 1. The Morgan fingerprint density at radius 2 is 1.74 bits per heavy atom. The molecular formula is C31H32N4O3. The van der Waals surface area contributed by atoms with Gasteiger partial charge in [-0.15, -0.1) is 0 Å². The molecule has 2 aromatic heterocycles. The first-order valence-electron chi connectivity index (χ1n) is 13.1. The molecule has 1 saturated heterocycles. The molecule has 0 radical (unpaired) electrons. The van der Waals surface area contributed by atoms with Crippen LogP contribution in [0, 0.1) is 17.8 Å². The molecule has 0 amide bonds. The van der Waals surface area contributed by atoms with E-state index in [1.54, 1.807) is 0 Å². The molecule has 0 aliphatic carbocycles. The molecule has 1 aliphatic rings. The van der Waals surface area contributed by atoms with Gasteiger partial charge in [-0.1, -0.05) is 36.1 Å². The maximum atomic E-state index is 11.6. The zero-order valence-electron chi connectivity index (χ0n) is 21.9. The van der Waals surface area contributed by atoms with Gasteiger partial charge in [0.05, 0.1) is 19.6 Å². The van der Waals surface area contributed by atoms with Gasteiger partial charge in [-0.3, -0.25) is 9.69 Å². The zero-order valence-corrected chi connectivity index (χ0v) is 21.9. The van der Waals surface area contributed by atoms with Crippen molar-refractivity contribution in [3.63, 3.8) is 0 Å². The van der Waals surface area contributed by atoms with Crippen LogP contribution in [0.15, 0.2) is 71.5 Å². The van der Waals surface area contributed by atoms with Gasteiger partial charge in [-0.05, 0) is 54.8 Å². The van der Waals surface area contributed by atoms with E-state index in [4.69, 9.17) is 9.26 Å². The first-order valence-corrected chi connectivity index (χ1v) is 13.1. The Balaban J connectivity index is 1.12. The summed E-state index contributed by atoms with van der Waals surface area (Å²) in [5.41, 5.74) is 5.00. The lowest BCUT2D eigenvalue weighted by Crippen LogP contribution is -2.46. The van der Waals surface area contributed by atoms with Crippen molar-refractivity contribution in [2.24, 2.45) is 5.92 Å². The molecule has 0 atom stereocenters. The number of esters is 1. The van der Waals surface area contributed by atoms with Gasteiger partial charge < -0.3 is 13.8 Å². The number of nitrogens with zero attached hydrogens (tertiary/aromatic N) is 4. The fourth-order valence-electron chi connectivity index (χ4n) is 4.70. The maximum Gasteiger partial charge on any atom is 0.306 e. The highest BCUT2D eigenvalue weighted by molar-refractivity contribution is 5.69. The number of imidazole rings is 1. The van der Waals surface area contributed by atoms with E-state index in [9.17, 15) is 4.79 Å². The molecule has 194 valence electrons. The van der Waals surface area contributed by atoms with E-state index in [-0.39, 0.29) is 5.97 Å². The number of ether oxygens (including phenoxy) is 1. The molecule has 0 bridgehead atoms. The molecule has 0 N–H and O–H groups in total. The summed E-state index contributed by atoms with van der Waals surface area (Å²) < 4.78 is 12.7. The standard InChI is InChI=1S/C31H32N4O3/c1-3-30-32-15-16-35(30)22-28-18-29(38-33-28)27-13-11-24(12-14-27)6-5-23-7-9-25(10-8-23)19-34-20-26(21-34)17-31(36)37-4-2/h7-16,18,26H,3-4,17,19-22H2,1-2H3. The third-order valence-corrected chi connectivity index (χ3v) is 6.68. The lowest BCUT2D eigenvalue weighted by Gasteiger charge is -2.38. The van der Waals surface area contributed by atoms with Crippen molar-refractivity contribution in [2.75, 3.05) is 19.7 Å². The topological polar surface area (TPSA) is 73.4 Å². The molecule has 1 fully saturated rings. The summed E-state index contributed by atoms with van der Waals surface area (Å²) in [6.45, 7) is 7.80. The molecule has 1 aliphatic heterocycles. The first-order chi connectivity index (χ1) is 18.6. The average molecular weight is 509 g/mol. The Labute approximate surface area is 223 Å². The quantitative estimate of drug-likeness (QED) is 0.236. The summed E-state index contributed by atoms with van der Waals surface area (Å²) in [6, 6.07) is 18.4. The third kappa shape index (κ3) is 6.39. The Morgan fingerprint density at radius 3 is 2.42 bits per heavy atom. The monoisotopic (exact) mass is 508 g/mol. The summed E-state index contributed by atoms with van der Waals surface area (Å²) in [5.74, 6) is 8.58. The zero-order chi connectivity index (χ0) is 26.3. The summed E-state index contributed by atoms with van der Waals surface area (Å²) in [6.07, 6.45) is 5.17. The number of likely N-dealkylation sites (tertiary alicyclic amines) is 1. The second kappa shape index (κ2) is 11.9. The Bertz CT molecular complexity index is 1420. The molecular weight excluding hydrogens is 476 g/mol. The molecule has 4 aromatic rings. The van der Waals surface area contributed by atoms with E-state index < -0.39 is 0 Å². The van der Waals surface area contributed by atoms with Crippen molar-refractivity contribution in [1.82, 2.24) is 19.6 Å².